The molecule has 2 aromatic rings. The molecule has 0 spiro atoms. The van der Waals surface area contributed by atoms with E-state index in [4.69, 9.17) is 0 Å². The second-order valence-corrected chi connectivity index (χ2v) is 4.30. The minimum absolute atomic E-state index is 0.547. The molecular weight excluding hydrogens is 228 g/mol. The van der Waals surface area contributed by atoms with E-state index in [1.54, 1.807) is 0 Å². The molecule has 19 heavy (non-hydrogen) atoms. The number of rotatable bonds is 0. The van der Waals surface area contributed by atoms with E-state index in [9.17, 15) is 0 Å². The SMILES string of the molecule is CC.CC.CC1c2ccccc2Cc2ccccc21. The lowest BCUT2D eigenvalue weighted by atomic mass is 9.79. The van der Waals surface area contributed by atoms with Gasteiger partial charge in [0.15, 0.2) is 0 Å². The van der Waals surface area contributed by atoms with Crippen molar-refractivity contribution in [2.75, 3.05) is 0 Å². The Labute approximate surface area is 118 Å². The lowest BCUT2D eigenvalue weighted by molar-refractivity contribution is 0.845. The van der Waals surface area contributed by atoms with Gasteiger partial charge in [0.25, 0.3) is 0 Å². The van der Waals surface area contributed by atoms with Gasteiger partial charge in [0.05, 0.1) is 0 Å². The summed E-state index contributed by atoms with van der Waals surface area (Å²) < 4.78 is 0. The Bertz CT molecular complexity index is 451. The van der Waals surface area contributed by atoms with Gasteiger partial charge in [0.2, 0.25) is 0 Å². The van der Waals surface area contributed by atoms with Crippen LogP contribution in [0.2, 0.25) is 0 Å². The van der Waals surface area contributed by atoms with E-state index >= 15 is 0 Å². The first-order chi connectivity index (χ1) is 9.36. The predicted molar refractivity (Wildman–Crippen MR) is 85.9 cm³/mol. The third-order valence-corrected chi connectivity index (χ3v) is 3.42. The molecular formula is C19H26. The fourth-order valence-electron chi connectivity index (χ4n) is 2.61. The van der Waals surface area contributed by atoms with Gasteiger partial charge < -0.3 is 0 Å². The van der Waals surface area contributed by atoms with Crippen molar-refractivity contribution < 1.29 is 0 Å². The summed E-state index contributed by atoms with van der Waals surface area (Å²) in [4.78, 5) is 0. The molecule has 3 rings (SSSR count). The lowest BCUT2D eigenvalue weighted by Gasteiger charge is -2.25. The Balaban J connectivity index is 0.000000415. The number of hydrogen-bond acceptors (Lipinski definition) is 0. The highest BCUT2D eigenvalue weighted by Crippen LogP contribution is 2.35. The molecule has 0 nitrogen and oxygen atoms in total. The third kappa shape index (κ3) is 3.26. The van der Waals surface area contributed by atoms with Crippen LogP contribution in [-0.4, -0.2) is 0 Å². The molecule has 0 unspecified atom stereocenters. The highest BCUT2D eigenvalue weighted by molar-refractivity contribution is 5.48. The largest absolute Gasteiger partial charge is 0.0683 e. The van der Waals surface area contributed by atoms with Crippen LogP contribution >= 0.6 is 0 Å². The van der Waals surface area contributed by atoms with E-state index in [0.29, 0.717) is 5.92 Å². The first-order valence-electron chi connectivity index (χ1n) is 7.52. The summed E-state index contributed by atoms with van der Waals surface area (Å²) in [5, 5.41) is 0. The Morgan fingerprint density at radius 1 is 0.684 bits per heavy atom. The van der Waals surface area contributed by atoms with E-state index in [1.807, 2.05) is 27.7 Å². The van der Waals surface area contributed by atoms with Crippen LogP contribution in [0.5, 0.6) is 0 Å². The maximum Gasteiger partial charge on any atom is 0.00666 e. The Kier molecular flexibility index (Phi) is 6.35. The van der Waals surface area contributed by atoms with E-state index in [-0.39, 0.29) is 0 Å². The first-order valence-corrected chi connectivity index (χ1v) is 7.52. The number of benzene rings is 2. The van der Waals surface area contributed by atoms with Crippen molar-refractivity contribution in [1.29, 1.82) is 0 Å². The molecule has 102 valence electrons. The van der Waals surface area contributed by atoms with Gasteiger partial charge in [-0.15, -0.1) is 0 Å². The Morgan fingerprint density at radius 3 is 1.47 bits per heavy atom. The average Bonchev–Trinajstić information content (AvgIpc) is 2.52. The molecule has 1 aliphatic rings. The highest BCUT2D eigenvalue weighted by Gasteiger charge is 2.20. The van der Waals surface area contributed by atoms with E-state index < -0.39 is 0 Å². The van der Waals surface area contributed by atoms with Crippen molar-refractivity contribution in [3.05, 3.63) is 70.8 Å². The van der Waals surface area contributed by atoms with Crippen LogP contribution in [0.4, 0.5) is 0 Å². The summed E-state index contributed by atoms with van der Waals surface area (Å²) in [5.74, 6) is 0.547. The van der Waals surface area contributed by atoms with Crippen LogP contribution < -0.4 is 0 Å². The summed E-state index contributed by atoms with van der Waals surface area (Å²) in [6.45, 7) is 10.3. The van der Waals surface area contributed by atoms with Gasteiger partial charge in [-0.1, -0.05) is 83.1 Å². The van der Waals surface area contributed by atoms with Crippen molar-refractivity contribution in [2.24, 2.45) is 0 Å². The van der Waals surface area contributed by atoms with Crippen molar-refractivity contribution in [3.8, 4) is 0 Å². The van der Waals surface area contributed by atoms with Crippen LogP contribution in [0.3, 0.4) is 0 Å². The lowest BCUT2D eigenvalue weighted by Crippen LogP contribution is -2.10. The molecule has 0 radical (unpaired) electrons. The summed E-state index contributed by atoms with van der Waals surface area (Å²) >= 11 is 0. The quantitative estimate of drug-likeness (QED) is 0.557. The van der Waals surface area contributed by atoms with Crippen LogP contribution in [0.15, 0.2) is 48.5 Å². The highest BCUT2D eigenvalue weighted by atomic mass is 14.2. The van der Waals surface area contributed by atoms with Crippen molar-refractivity contribution in [2.45, 2.75) is 47.0 Å². The zero-order valence-corrected chi connectivity index (χ0v) is 12.9. The van der Waals surface area contributed by atoms with Gasteiger partial charge in [-0.2, -0.15) is 0 Å². The molecule has 0 saturated heterocycles. The van der Waals surface area contributed by atoms with Gasteiger partial charge in [-0.25, -0.2) is 0 Å². The van der Waals surface area contributed by atoms with Crippen LogP contribution in [0, 0.1) is 0 Å². The second kappa shape index (κ2) is 7.78. The Hall–Kier alpha value is -1.56. The van der Waals surface area contributed by atoms with Crippen molar-refractivity contribution >= 4 is 0 Å². The summed E-state index contributed by atoms with van der Waals surface area (Å²) in [6, 6.07) is 17.6. The molecule has 0 atom stereocenters. The average molecular weight is 254 g/mol. The van der Waals surface area contributed by atoms with Crippen molar-refractivity contribution in [3.63, 3.8) is 0 Å². The zero-order chi connectivity index (χ0) is 14.3. The van der Waals surface area contributed by atoms with Gasteiger partial charge in [0, 0.05) is 5.92 Å². The number of hydrogen-bond donors (Lipinski definition) is 0. The fraction of sp³-hybridized carbons (Fsp3) is 0.368. The Morgan fingerprint density at radius 2 is 1.05 bits per heavy atom. The molecule has 0 saturated carbocycles. The molecule has 0 aromatic heterocycles. The molecule has 0 N–H and O–H groups in total. The predicted octanol–water partition coefficient (Wildman–Crippen LogP) is 5.80. The summed E-state index contributed by atoms with van der Waals surface area (Å²) in [5.41, 5.74) is 5.97. The van der Waals surface area contributed by atoms with E-state index in [2.05, 4.69) is 55.5 Å². The molecule has 0 amide bonds. The molecule has 0 aliphatic heterocycles. The smallest absolute Gasteiger partial charge is 0.00666 e. The standard InChI is InChI=1S/C15H14.2C2H6/c1-11-14-8-4-2-6-12(14)10-13-7-3-5-9-15(11)13;2*1-2/h2-9,11H,10H2,1H3;2*1-2H3. The fourth-order valence-corrected chi connectivity index (χ4v) is 2.61. The van der Waals surface area contributed by atoms with Gasteiger partial charge in [-0.3, -0.25) is 0 Å². The van der Waals surface area contributed by atoms with Crippen LogP contribution in [0.1, 0.15) is 62.8 Å². The van der Waals surface area contributed by atoms with Gasteiger partial charge in [0.1, 0.15) is 0 Å². The van der Waals surface area contributed by atoms with Crippen LogP contribution in [0.25, 0.3) is 0 Å². The molecule has 0 heteroatoms. The number of fused-ring (bicyclic) bond motifs is 2. The zero-order valence-electron chi connectivity index (χ0n) is 12.9. The third-order valence-electron chi connectivity index (χ3n) is 3.42. The minimum atomic E-state index is 0.547. The minimum Gasteiger partial charge on any atom is -0.0683 e. The monoisotopic (exact) mass is 254 g/mol. The topological polar surface area (TPSA) is 0 Å². The normalized spacial score (nSPS) is 12.1. The van der Waals surface area contributed by atoms with Crippen LogP contribution in [-0.2, 0) is 6.42 Å². The summed E-state index contributed by atoms with van der Waals surface area (Å²) in [7, 11) is 0. The second-order valence-electron chi connectivity index (χ2n) is 4.30. The first kappa shape index (κ1) is 15.5. The summed E-state index contributed by atoms with van der Waals surface area (Å²) in [6.07, 6.45) is 1.09. The molecule has 0 heterocycles. The maximum atomic E-state index is 2.30. The van der Waals surface area contributed by atoms with Gasteiger partial charge >= 0.3 is 0 Å². The molecule has 0 bridgehead atoms. The molecule has 2 aromatic carbocycles. The van der Waals surface area contributed by atoms with E-state index in [0.717, 1.165) is 6.42 Å². The van der Waals surface area contributed by atoms with Crippen molar-refractivity contribution in [1.82, 2.24) is 0 Å². The van der Waals surface area contributed by atoms with Gasteiger partial charge in [-0.05, 0) is 28.7 Å². The maximum absolute atomic E-state index is 2.30. The molecule has 0 fully saturated rings. The molecule has 1 aliphatic carbocycles. The van der Waals surface area contributed by atoms with E-state index in [1.165, 1.54) is 22.3 Å².